The molecule has 0 bridgehead atoms. The fourth-order valence-electron chi connectivity index (χ4n) is 3.28. The van der Waals surface area contributed by atoms with Crippen LogP contribution in [0.2, 0.25) is 0 Å². The highest BCUT2D eigenvalue weighted by atomic mass is 16.5. The molecule has 2 rings (SSSR count). The highest BCUT2D eigenvalue weighted by molar-refractivity contribution is 4.91. The van der Waals surface area contributed by atoms with Crippen LogP contribution in [0.5, 0.6) is 0 Å². The van der Waals surface area contributed by atoms with E-state index in [9.17, 15) is 0 Å². The summed E-state index contributed by atoms with van der Waals surface area (Å²) < 4.78 is 6.37. The minimum absolute atomic E-state index is 0.221. The third-order valence-electron chi connectivity index (χ3n) is 4.95. The summed E-state index contributed by atoms with van der Waals surface area (Å²) in [6.07, 6.45) is 10.4. The number of hydrogen-bond donors (Lipinski definition) is 1. The van der Waals surface area contributed by atoms with Gasteiger partial charge in [-0.15, -0.1) is 0 Å². The van der Waals surface area contributed by atoms with Gasteiger partial charge in [0.1, 0.15) is 0 Å². The molecule has 1 saturated carbocycles. The molecule has 1 unspecified atom stereocenters. The Balaban J connectivity index is 1.69. The summed E-state index contributed by atoms with van der Waals surface area (Å²) in [7, 11) is 2.25. The van der Waals surface area contributed by atoms with Crippen molar-refractivity contribution in [2.45, 2.75) is 69.9 Å². The number of ether oxygens (including phenoxy) is 1. The lowest BCUT2D eigenvalue weighted by Gasteiger charge is -2.44. The molecular formula is C16H32N2O. The van der Waals surface area contributed by atoms with Crippen LogP contribution < -0.4 is 5.32 Å². The Morgan fingerprint density at radius 3 is 2.68 bits per heavy atom. The summed E-state index contributed by atoms with van der Waals surface area (Å²) in [6, 6.07) is 0.662. The van der Waals surface area contributed by atoms with Crippen LogP contribution in [0, 0.1) is 0 Å². The summed E-state index contributed by atoms with van der Waals surface area (Å²) in [4.78, 5) is 2.49. The van der Waals surface area contributed by atoms with E-state index >= 15 is 0 Å². The van der Waals surface area contributed by atoms with E-state index in [1.807, 2.05) is 0 Å². The van der Waals surface area contributed by atoms with E-state index < -0.39 is 0 Å². The van der Waals surface area contributed by atoms with Crippen molar-refractivity contribution >= 4 is 0 Å². The van der Waals surface area contributed by atoms with Crippen LogP contribution in [0.3, 0.4) is 0 Å². The van der Waals surface area contributed by atoms with Crippen molar-refractivity contribution in [1.29, 1.82) is 0 Å². The van der Waals surface area contributed by atoms with Crippen molar-refractivity contribution in [3.8, 4) is 0 Å². The molecule has 1 saturated heterocycles. The molecule has 2 fully saturated rings. The molecule has 2 aliphatic rings. The number of nitrogens with zero attached hydrogens (tertiary/aromatic N) is 1. The molecule has 0 radical (unpaired) electrons. The van der Waals surface area contributed by atoms with Gasteiger partial charge in [-0.25, -0.2) is 0 Å². The fraction of sp³-hybridized carbons (Fsp3) is 1.00. The van der Waals surface area contributed by atoms with Crippen LogP contribution in [0.25, 0.3) is 0 Å². The molecule has 19 heavy (non-hydrogen) atoms. The zero-order valence-corrected chi connectivity index (χ0v) is 12.9. The first-order valence-corrected chi connectivity index (χ1v) is 8.31. The summed E-state index contributed by atoms with van der Waals surface area (Å²) in [6.45, 7) is 6.68. The molecule has 1 aliphatic carbocycles. The topological polar surface area (TPSA) is 24.5 Å². The molecule has 3 heteroatoms. The lowest BCUT2D eigenvalue weighted by Crippen LogP contribution is -2.47. The monoisotopic (exact) mass is 268 g/mol. The number of hydrogen-bond acceptors (Lipinski definition) is 3. The van der Waals surface area contributed by atoms with Gasteiger partial charge < -0.3 is 15.0 Å². The van der Waals surface area contributed by atoms with Crippen molar-refractivity contribution in [3.05, 3.63) is 0 Å². The second-order valence-corrected chi connectivity index (χ2v) is 6.48. The highest BCUT2D eigenvalue weighted by Gasteiger charge is 2.38. The molecule has 1 atom stereocenters. The standard InChI is InChI=1S/C16H32N2O/c1-3-11-17-12-10-16(8-6-9-16)19-14-15-7-4-5-13-18(15)2/h15,17H,3-14H2,1-2H3. The predicted octanol–water partition coefficient (Wildman–Crippen LogP) is 2.80. The number of rotatable bonds is 8. The van der Waals surface area contributed by atoms with Gasteiger partial charge in [-0.05, 0) is 71.6 Å². The first-order valence-electron chi connectivity index (χ1n) is 8.31. The van der Waals surface area contributed by atoms with E-state index in [4.69, 9.17) is 4.74 Å². The minimum Gasteiger partial charge on any atom is -0.373 e. The Bertz CT molecular complexity index is 253. The molecule has 0 amide bonds. The van der Waals surface area contributed by atoms with Crippen molar-refractivity contribution < 1.29 is 4.74 Å². The van der Waals surface area contributed by atoms with E-state index in [-0.39, 0.29) is 5.60 Å². The maximum absolute atomic E-state index is 6.37. The van der Waals surface area contributed by atoms with Gasteiger partial charge in [0.05, 0.1) is 12.2 Å². The Hall–Kier alpha value is -0.120. The third-order valence-corrected chi connectivity index (χ3v) is 4.95. The first-order chi connectivity index (χ1) is 9.26. The smallest absolute Gasteiger partial charge is 0.0695 e. The zero-order valence-electron chi connectivity index (χ0n) is 12.9. The van der Waals surface area contributed by atoms with Gasteiger partial charge in [-0.3, -0.25) is 0 Å². The van der Waals surface area contributed by atoms with Crippen LogP contribution in [0.15, 0.2) is 0 Å². The van der Waals surface area contributed by atoms with Crippen molar-refractivity contribution in [1.82, 2.24) is 10.2 Å². The van der Waals surface area contributed by atoms with E-state index in [0.29, 0.717) is 6.04 Å². The van der Waals surface area contributed by atoms with E-state index in [0.717, 1.165) is 19.7 Å². The van der Waals surface area contributed by atoms with Crippen LogP contribution >= 0.6 is 0 Å². The fourth-order valence-corrected chi connectivity index (χ4v) is 3.28. The third kappa shape index (κ3) is 4.44. The maximum atomic E-state index is 6.37. The lowest BCUT2D eigenvalue weighted by atomic mass is 9.77. The minimum atomic E-state index is 0.221. The van der Waals surface area contributed by atoms with Gasteiger partial charge in [0.25, 0.3) is 0 Å². The Kier molecular flexibility index (Phi) is 6.11. The van der Waals surface area contributed by atoms with Gasteiger partial charge in [0, 0.05) is 6.04 Å². The zero-order chi connectivity index (χ0) is 13.6. The number of nitrogens with one attached hydrogen (secondary N) is 1. The van der Waals surface area contributed by atoms with Crippen molar-refractivity contribution in [2.24, 2.45) is 0 Å². The quantitative estimate of drug-likeness (QED) is 0.685. The highest BCUT2D eigenvalue weighted by Crippen LogP contribution is 2.38. The first kappa shape index (κ1) is 15.3. The second kappa shape index (κ2) is 7.61. The van der Waals surface area contributed by atoms with Crippen molar-refractivity contribution in [3.63, 3.8) is 0 Å². The average Bonchev–Trinajstić information content (AvgIpc) is 2.38. The van der Waals surface area contributed by atoms with Crippen LogP contribution in [0.4, 0.5) is 0 Å². The van der Waals surface area contributed by atoms with Gasteiger partial charge in [-0.2, -0.15) is 0 Å². The Morgan fingerprint density at radius 2 is 2.05 bits per heavy atom. The van der Waals surface area contributed by atoms with Gasteiger partial charge in [0.2, 0.25) is 0 Å². The molecule has 3 nitrogen and oxygen atoms in total. The Labute approximate surface area is 119 Å². The molecular weight excluding hydrogens is 236 g/mol. The average molecular weight is 268 g/mol. The maximum Gasteiger partial charge on any atom is 0.0695 e. The Morgan fingerprint density at radius 1 is 1.21 bits per heavy atom. The molecule has 1 N–H and O–H groups in total. The summed E-state index contributed by atoms with van der Waals surface area (Å²) in [5.41, 5.74) is 0.221. The molecule has 1 heterocycles. The normalized spacial score (nSPS) is 27.2. The van der Waals surface area contributed by atoms with Gasteiger partial charge in [-0.1, -0.05) is 13.3 Å². The summed E-state index contributed by atoms with van der Waals surface area (Å²) >= 11 is 0. The molecule has 1 aliphatic heterocycles. The van der Waals surface area contributed by atoms with Crippen molar-refractivity contribution in [2.75, 3.05) is 33.3 Å². The SMILES string of the molecule is CCCNCCC1(OCC2CCCCN2C)CCC1. The van der Waals surface area contributed by atoms with Crippen LogP contribution in [0.1, 0.15) is 58.3 Å². The van der Waals surface area contributed by atoms with Crippen LogP contribution in [-0.4, -0.2) is 49.8 Å². The van der Waals surface area contributed by atoms with Crippen LogP contribution in [-0.2, 0) is 4.74 Å². The summed E-state index contributed by atoms with van der Waals surface area (Å²) in [5, 5.41) is 3.52. The number of likely N-dealkylation sites (N-methyl/N-ethyl adjacent to an activating group) is 1. The predicted molar refractivity (Wildman–Crippen MR) is 80.6 cm³/mol. The van der Waals surface area contributed by atoms with Gasteiger partial charge >= 0.3 is 0 Å². The molecule has 112 valence electrons. The number of likely N-dealkylation sites (tertiary alicyclic amines) is 1. The van der Waals surface area contributed by atoms with E-state index in [1.165, 1.54) is 57.9 Å². The van der Waals surface area contributed by atoms with E-state index in [2.05, 4.69) is 24.2 Å². The number of piperidine rings is 1. The largest absolute Gasteiger partial charge is 0.373 e. The summed E-state index contributed by atoms with van der Waals surface area (Å²) in [5.74, 6) is 0. The molecule has 0 aromatic rings. The molecule has 0 aromatic heterocycles. The lowest BCUT2D eigenvalue weighted by molar-refractivity contribution is -0.121. The molecule has 0 aromatic carbocycles. The van der Waals surface area contributed by atoms with Gasteiger partial charge in [0.15, 0.2) is 0 Å². The molecule has 0 spiro atoms. The second-order valence-electron chi connectivity index (χ2n) is 6.48. The van der Waals surface area contributed by atoms with E-state index in [1.54, 1.807) is 0 Å².